The second kappa shape index (κ2) is 8.77. The molecule has 2 aliphatic heterocycles. The first-order chi connectivity index (χ1) is 14.0. The number of esters is 1. The second-order valence-electron chi connectivity index (χ2n) is 6.34. The van der Waals surface area contributed by atoms with E-state index < -0.39 is 12.0 Å². The van der Waals surface area contributed by atoms with Crippen LogP contribution in [-0.2, 0) is 14.3 Å². The van der Waals surface area contributed by atoms with Crippen LogP contribution in [0.1, 0.15) is 31.9 Å². The molecule has 1 aromatic carbocycles. The molecule has 3 rings (SSSR count). The van der Waals surface area contributed by atoms with Crippen LogP contribution in [0.25, 0.3) is 0 Å². The minimum Gasteiger partial charge on any atom is -0.493 e. The van der Waals surface area contributed by atoms with Crippen LogP contribution >= 0.6 is 11.8 Å². The molecule has 8 nitrogen and oxygen atoms in total. The van der Waals surface area contributed by atoms with Gasteiger partial charge in [-0.05, 0) is 31.5 Å². The van der Waals surface area contributed by atoms with Gasteiger partial charge in [0, 0.05) is 12.2 Å². The van der Waals surface area contributed by atoms with Gasteiger partial charge in [-0.1, -0.05) is 11.8 Å². The molecule has 0 aliphatic carbocycles. The second-order valence-corrected chi connectivity index (χ2v) is 7.40. The minimum atomic E-state index is -0.699. The molecule has 1 fully saturated rings. The SMILES string of the molecule is CCOC(=O)C1=C(C)N=C2SCCC(=O)N2C1c1cc(OC)c(OC)c(OC)c1. The van der Waals surface area contributed by atoms with Crippen molar-refractivity contribution >= 4 is 28.8 Å². The number of hydrogen-bond acceptors (Lipinski definition) is 8. The lowest BCUT2D eigenvalue weighted by atomic mass is 9.93. The van der Waals surface area contributed by atoms with Crippen LogP contribution in [-0.4, -0.2) is 55.6 Å². The fourth-order valence-corrected chi connectivity index (χ4v) is 4.45. The van der Waals surface area contributed by atoms with E-state index >= 15 is 0 Å². The minimum absolute atomic E-state index is 0.101. The molecule has 2 heterocycles. The van der Waals surface area contributed by atoms with E-state index in [1.807, 2.05) is 0 Å². The molecule has 1 unspecified atom stereocenters. The number of carbonyl (C=O) groups excluding carboxylic acids is 2. The number of nitrogens with zero attached hydrogens (tertiary/aromatic N) is 2. The van der Waals surface area contributed by atoms with Crippen molar-refractivity contribution in [2.24, 2.45) is 4.99 Å². The summed E-state index contributed by atoms with van der Waals surface area (Å²) in [5.41, 5.74) is 1.49. The molecule has 1 amide bonds. The number of ether oxygens (including phenoxy) is 4. The normalized spacial score (nSPS) is 18.8. The molecule has 0 bridgehead atoms. The molecule has 29 heavy (non-hydrogen) atoms. The van der Waals surface area contributed by atoms with E-state index in [1.54, 1.807) is 30.9 Å². The van der Waals surface area contributed by atoms with E-state index in [4.69, 9.17) is 18.9 Å². The molecule has 0 saturated carbocycles. The van der Waals surface area contributed by atoms with Crippen molar-refractivity contribution < 1.29 is 28.5 Å². The number of aliphatic imine (C=N–C) groups is 1. The van der Waals surface area contributed by atoms with Crippen LogP contribution in [0.3, 0.4) is 0 Å². The highest BCUT2D eigenvalue weighted by atomic mass is 32.2. The average Bonchev–Trinajstić information content (AvgIpc) is 2.71. The molecular weight excluding hydrogens is 396 g/mol. The van der Waals surface area contributed by atoms with Gasteiger partial charge >= 0.3 is 5.97 Å². The van der Waals surface area contributed by atoms with Crippen molar-refractivity contribution in [1.82, 2.24) is 4.90 Å². The molecular formula is C20H24N2O6S. The first-order valence-corrected chi connectivity index (χ1v) is 10.2. The lowest BCUT2D eigenvalue weighted by Gasteiger charge is -2.39. The maximum atomic E-state index is 12.8. The first kappa shape index (κ1) is 21.0. The number of amidine groups is 1. The average molecular weight is 420 g/mol. The Morgan fingerprint density at radius 2 is 1.86 bits per heavy atom. The van der Waals surface area contributed by atoms with Crippen LogP contribution in [0, 0.1) is 0 Å². The Bertz CT molecular complexity index is 870. The van der Waals surface area contributed by atoms with Crippen molar-refractivity contribution in [2.75, 3.05) is 33.7 Å². The number of carbonyl (C=O) groups is 2. The van der Waals surface area contributed by atoms with E-state index in [9.17, 15) is 9.59 Å². The molecule has 0 radical (unpaired) electrons. The van der Waals surface area contributed by atoms with Gasteiger partial charge in [-0.3, -0.25) is 9.69 Å². The quantitative estimate of drug-likeness (QED) is 0.654. The predicted octanol–water partition coefficient (Wildman–Crippen LogP) is 2.93. The molecule has 0 aromatic heterocycles. The summed E-state index contributed by atoms with van der Waals surface area (Å²) in [5.74, 6) is 1.34. The van der Waals surface area contributed by atoms with Crippen LogP contribution in [0.2, 0.25) is 0 Å². The topological polar surface area (TPSA) is 86.7 Å². The van der Waals surface area contributed by atoms with Crippen LogP contribution < -0.4 is 14.2 Å². The molecule has 1 atom stereocenters. The number of methoxy groups -OCH3 is 3. The molecule has 1 saturated heterocycles. The summed E-state index contributed by atoms with van der Waals surface area (Å²) in [6.45, 7) is 3.71. The highest BCUT2D eigenvalue weighted by Crippen LogP contribution is 2.45. The molecule has 2 aliphatic rings. The summed E-state index contributed by atoms with van der Waals surface area (Å²) in [6, 6.07) is 2.79. The Morgan fingerprint density at radius 3 is 2.41 bits per heavy atom. The highest BCUT2D eigenvalue weighted by Gasteiger charge is 2.42. The predicted molar refractivity (Wildman–Crippen MR) is 110 cm³/mol. The van der Waals surface area contributed by atoms with Gasteiger partial charge in [-0.2, -0.15) is 0 Å². The Kier molecular flexibility index (Phi) is 6.36. The summed E-state index contributed by atoms with van der Waals surface area (Å²) in [7, 11) is 4.55. The first-order valence-electron chi connectivity index (χ1n) is 9.18. The summed E-state index contributed by atoms with van der Waals surface area (Å²) in [4.78, 5) is 31.7. The fourth-order valence-electron chi connectivity index (χ4n) is 3.44. The van der Waals surface area contributed by atoms with Gasteiger partial charge < -0.3 is 18.9 Å². The van der Waals surface area contributed by atoms with E-state index in [-0.39, 0.29) is 12.5 Å². The summed E-state index contributed by atoms with van der Waals surface area (Å²) in [6.07, 6.45) is 0.361. The molecule has 9 heteroatoms. The van der Waals surface area contributed by atoms with Crippen LogP contribution in [0.15, 0.2) is 28.4 Å². The zero-order valence-electron chi connectivity index (χ0n) is 17.1. The van der Waals surface area contributed by atoms with Gasteiger partial charge in [-0.15, -0.1) is 0 Å². The van der Waals surface area contributed by atoms with Crippen molar-refractivity contribution in [2.45, 2.75) is 26.3 Å². The third kappa shape index (κ3) is 3.78. The van der Waals surface area contributed by atoms with Gasteiger partial charge in [0.1, 0.15) is 0 Å². The van der Waals surface area contributed by atoms with E-state index in [1.165, 1.54) is 33.1 Å². The van der Waals surface area contributed by atoms with Gasteiger partial charge in [0.05, 0.1) is 45.2 Å². The molecule has 0 spiro atoms. The molecule has 1 aromatic rings. The van der Waals surface area contributed by atoms with Crippen molar-refractivity contribution in [3.8, 4) is 17.2 Å². The lowest BCUT2D eigenvalue weighted by Crippen LogP contribution is -2.45. The highest BCUT2D eigenvalue weighted by molar-refractivity contribution is 8.14. The van der Waals surface area contributed by atoms with Gasteiger partial charge in [0.25, 0.3) is 0 Å². The largest absolute Gasteiger partial charge is 0.493 e. The number of fused-ring (bicyclic) bond motifs is 1. The number of allylic oxidation sites excluding steroid dienone is 1. The monoisotopic (exact) mass is 420 g/mol. The van der Waals surface area contributed by atoms with Crippen molar-refractivity contribution in [3.63, 3.8) is 0 Å². The number of benzene rings is 1. The standard InChI is InChI=1S/C20H24N2O6S/c1-6-28-19(24)16-11(2)21-20-22(15(23)7-8-29-20)17(16)12-9-13(25-3)18(27-5)14(10-12)26-4/h9-10,17H,6-8H2,1-5H3. The third-order valence-electron chi connectivity index (χ3n) is 4.70. The Labute approximate surface area is 173 Å². The van der Waals surface area contributed by atoms with Crippen molar-refractivity contribution in [1.29, 1.82) is 0 Å². The zero-order valence-corrected chi connectivity index (χ0v) is 17.9. The maximum Gasteiger partial charge on any atom is 0.338 e. The van der Waals surface area contributed by atoms with Gasteiger partial charge in [-0.25, -0.2) is 9.79 Å². The molecule has 0 N–H and O–H groups in total. The Morgan fingerprint density at radius 1 is 1.21 bits per heavy atom. The zero-order chi connectivity index (χ0) is 21.1. The number of rotatable bonds is 6. The number of hydrogen-bond donors (Lipinski definition) is 0. The summed E-state index contributed by atoms with van der Waals surface area (Å²) in [5, 5.41) is 0.575. The van der Waals surface area contributed by atoms with Crippen LogP contribution in [0.5, 0.6) is 17.2 Å². The van der Waals surface area contributed by atoms with E-state index in [0.717, 1.165) is 0 Å². The Balaban J connectivity index is 2.23. The lowest BCUT2D eigenvalue weighted by molar-refractivity contribution is -0.139. The summed E-state index contributed by atoms with van der Waals surface area (Å²) >= 11 is 1.49. The van der Waals surface area contributed by atoms with E-state index in [2.05, 4.69) is 4.99 Å². The van der Waals surface area contributed by atoms with Gasteiger partial charge in [0.2, 0.25) is 11.7 Å². The molecule has 156 valence electrons. The fraction of sp³-hybridized carbons (Fsp3) is 0.450. The third-order valence-corrected chi connectivity index (χ3v) is 5.66. The Hall–Kier alpha value is -2.68. The maximum absolute atomic E-state index is 12.8. The number of amides is 1. The summed E-state index contributed by atoms with van der Waals surface area (Å²) < 4.78 is 21.6. The number of thioether (sulfide) groups is 1. The van der Waals surface area contributed by atoms with Crippen molar-refractivity contribution in [3.05, 3.63) is 29.0 Å². The van der Waals surface area contributed by atoms with Gasteiger partial charge in [0.15, 0.2) is 16.7 Å². The van der Waals surface area contributed by atoms with Crippen LogP contribution in [0.4, 0.5) is 0 Å². The smallest absolute Gasteiger partial charge is 0.338 e. The van der Waals surface area contributed by atoms with E-state index in [0.29, 0.717) is 51.4 Å².